The van der Waals surface area contributed by atoms with Gasteiger partial charge in [0.1, 0.15) is 0 Å². The van der Waals surface area contributed by atoms with Crippen LogP contribution in [0.3, 0.4) is 0 Å². The van der Waals surface area contributed by atoms with Crippen LogP contribution in [-0.4, -0.2) is 11.1 Å². The van der Waals surface area contributed by atoms with Gasteiger partial charge in [-0.25, -0.2) is 0 Å². The molecule has 0 aliphatic rings. The van der Waals surface area contributed by atoms with E-state index in [1.807, 2.05) is 18.2 Å². The molecule has 0 fully saturated rings. The molecule has 0 aromatic heterocycles. The molecule has 1 rings (SSSR count). The Hall–Kier alpha value is -1.31. The molecule has 0 spiro atoms. The smallest absolute Gasteiger partial charge is 0.313 e. The Balaban J connectivity index is 3.12. The average Bonchev–Trinajstić information content (AvgIpc) is 2.28. The summed E-state index contributed by atoms with van der Waals surface area (Å²) < 4.78 is 0. The van der Waals surface area contributed by atoms with E-state index in [9.17, 15) is 9.90 Å². The Bertz CT molecular complexity index is 380. The van der Waals surface area contributed by atoms with Gasteiger partial charge in [0.2, 0.25) is 0 Å². The van der Waals surface area contributed by atoms with Crippen LogP contribution in [0.2, 0.25) is 0 Å². The Morgan fingerprint density at radius 3 is 2.56 bits per heavy atom. The van der Waals surface area contributed by atoms with Crippen LogP contribution >= 0.6 is 0 Å². The number of carboxylic acids is 1. The monoisotopic (exact) mass is 220 g/mol. The Morgan fingerprint density at radius 1 is 1.44 bits per heavy atom. The van der Waals surface area contributed by atoms with Crippen LogP contribution in [0.25, 0.3) is 0 Å². The molecule has 0 heterocycles. The summed E-state index contributed by atoms with van der Waals surface area (Å²) in [4.78, 5) is 11.2. The first-order valence-electron chi connectivity index (χ1n) is 5.73. The van der Waals surface area contributed by atoms with Gasteiger partial charge in [-0.3, -0.25) is 4.79 Å². The summed E-state index contributed by atoms with van der Waals surface area (Å²) in [6, 6.07) is 7.92. The zero-order valence-electron chi connectivity index (χ0n) is 10.4. The van der Waals surface area contributed by atoms with E-state index < -0.39 is 11.4 Å². The van der Waals surface area contributed by atoms with Crippen molar-refractivity contribution in [1.82, 2.24) is 0 Å². The predicted molar refractivity (Wildman–Crippen MR) is 65.8 cm³/mol. The van der Waals surface area contributed by atoms with Crippen LogP contribution in [0.4, 0.5) is 0 Å². The molecule has 0 saturated heterocycles. The van der Waals surface area contributed by atoms with E-state index in [-0.39, 0.29) is 0 Å². The normalized spacial score (nSPS) is 13.5. The van der Waals surface area contributed by atoms with Crippen LogP contribution in [0.15, 0.2) is 24.3 Å². The maximum absolute atomic E-state index is 11.2. The highest BCUT2D eigenvalue weighted by atomic mass is 16.4. The number of hydrogen-bond acceptors (Lipinski definition) is 1. The van der Waals surface area contributed by atoms with E-state index in [0.717, 1.165) is 12.0 Å². The summed E-state index contributed by atoms with van der Waals surface area (Å²) in [7, 11) is 0. The maximum Gasteiger partial charge on any atom is 0.313 e. The van der Waals surface area contributed by atoms with Gasteiger partial charge in [0, 0.05) is 0 Å². The molecule has 2 nitrogen and oxygen atoms in total. The van der Waals surface area contributed by atoms with Crippen molar-refractivity contribution in [3.05, 3.63) is 35.4 Å². The average molecular weight is 220 g/mol. The van der Waals surface area contributed by atoms with Crippen molar-refractivity contribution in [1.29, 1.82) is 0 Å². The minimum absolute atomic E-state index is 0.476. The zero-order valence-corrected chi connectivity index (χ0v) is 10.4. The van der Waals surface area contributed by atoms with Gasteiger partial charge in [-0.2, -0.15) is 0 Å². The second kappa shape index (κ2) is 4.69. The SMILES string of the molecule is CC[C@@H](C)c1cccc(C(C)(C)C(=O)O)c1. The molecule has 16 heavy (non-hydrogen) atoms. The lowest BCUT2D eigenvalue weighted by molar-refractivity contribution is -0.142. The summed E-state index contributed by atoms with van der Waals surface area (Å²) in [5.41, 5.74) is 1.27. The fourth-order valence-electron chi connectivity index (χ4n) is 1.59. The Kier molecular flexibility index (Phi) is 3.74. The van der Waals surface area contributed by atoms with Crippen LogP contribution in [-0.2, 0) is 10.2 Å². The lowest BCUT2D eigenvalue weighted by Gasteiger charge is -2.21. The molecule has 0 saturated carbocycles. The molecule has 0 unspecified atom stereocenters. The number of rotatable bonds is 4. The van der Waals surface area contributed by atoms with Crippen molar-refractivity contribution in [2.24, 2.45) is 0 Å². The van der Waals surface area contributed by atoms with E-state index in [2.05, 4.69) is 19.9 Å². The highest BCUT2D eigenvalue weighted by Crippen LogP contribution is 2.27. The van der Waals surface area contributed by atoms with Gasteiger partial charge in [-0.1, -0.05) is 38.1 Å². The molecule has 0 aliphatic heterocycles. The minimum Gasteiger partial charge on any atom is -0.481 e. The van der Waals surface area contributed by atoms with Crippen molar-refractivity contribution in [2.45, 2.75) is 45.4 Å². The van der Waals surface area contributed by atoms with Gasteiger partial charge in [0.25, 0.3) is 0 Å². The number of hydrogen-bond donors (Lipinski definition) is 1. The van der Waals surface area contributed by atoms with E-state index in [0.29, 0.717) is 5.92 Å². The summed E-state index contributed by atoms with van der Waals surface area (Å²) in [6.07, 6.45) is 1.07. The maximum atomic E-state index is 11.2. The molecule has 1 atom stereocenters. The van der Waals surface area contributed by atoms with Gasteiger partial charge in [0.05, 0.1) is 5.41 Å². The van der Waals surface area contributed by atoms with E-state index in [1.54, 1.807) is 13.8 Å². The summed E-state index contributed by atoms with van der Waals surface area (Å²) in [5, 5.41) is 9.18. The predicted octanol–water partition coefficient (Wildman–Crippen LogP) is 3.56. The summed E-state index contributed by atoms with van der Waals surface area (Å²) in [5.74, 6) is -0.307. The van der Waals surface area contributed by atoms with Gasteiger partial charge < -0.3 is 5.11 Å². The molecule has 1 aromatic rings. The van der Waals surface area contributed by atoms with E-state index in [1.165, 1.54) is 5.56 Å². The third-order valence-corrected chi connectivity index (χ3v) is 3.32. The van der Waals surface area contributed by atoms with Crippen LogP contribution in [0, 0.1) is 0 Å². The van der Waals surface area contributed by atoms with Crippen molar-refractivity contribution >= 4 is 5.97 Å². The summed E-state index contributed by atoms with van der Waals surface area (Å²) >= 11 is 0. The number of benzene rings is 1. The third-order valence-electron chi connectivity index (χ3n) is 3.32. The summed E-state index contributed by atoms with van der Waals surface area (Å²) in [6.45, 7) is 7.78. The molecule has 0 radical (unpaired) electrons. The second-order valence-electron chi connectivity index (χ2n) is 4.86. The topological polar surface area (TPSA) is 37.3 Å². The molecule has 0 bridgehead atoms. The molecular weight excluding hydrogens is 200 g/mol. The van der Waals surface area contributed by atoms with Gasteiger partial charge in [-0.15, -0.1) is 0 Å². The van der Waals surface area contributed by atoms with Gasteiger partial charge in [-0.05, 0) is 37.3 Å². The van der Waals surface area contributed by atoms with Crippen LogP contribution < -0.4 is 0 Å². The van der Waals surface area contributed by atoms with E-state index >= 15 is 0 Å². The molecular formula is C14H20O2. The van der Waals surface area contributed by atoms with Crippen LogP contribution in [0.5, 0.6) is 0 Å². The molecule has 0 amide bonds. The molecule has 2 heteroatoms. The number of aliphatic carboxylic acids is 1. The van der Waals surface area contributed by atoms with E-state index in [4.69, 9.17) is 0 Å². The quantitative estimate of drug-likeness (QED) is 0.842. The highest BCUT2D eigenvalue weighted by molar-refractivity contribution is 5.80. The first kappa shape index (κ1) is 12.8. The molecule has 0 aliphatic carbocycles. The fourth-order valence-corrected chi connectivity index (χ4v) is 1.59. The lowest BCUT2D eigenvalue weighted by atomic mass is 9.82. The first-order valence-corrected chi connectivity index (χ1v) is 5.73. The molecule has 1 aromatic carbocycles. The number of carboxylic acid groups (broad SMARTS) is 1. The lowest BCUT2D eigenvalue weighted by Crippen LogP contribution is -2.28. The number of carbonyl (C=O) groups is 1. The van der Waals surface area contributed by atoms with Crippen molar-refractivity contribution in [3.8, 4) is 0 Å². The molecule has 88 valence electrons. The standard InChI is InChI=1S/C14H20O2/c1-5-10(2)11-7-6-8-12(9-11)14(3,4)13(15)16/h6-10H,5H2,1-4H3,(H,15,16)/t10-/m1/s1. The van der Waals surface area contributed by atoms with Crippen molar-refractivity contribution in [2.75, 3.05) is 0 Å². The van der Waals surface area contributed by atoms with Crippen LogP contribution in [0.1, 0.15) is 51.2 Å². The minimum atomic E-state index is -0.816. The Labute approximate surface area is 97.3 Å². The van der Waals surface area contributed by atoms with Crippen molar-refractivity contribution in [3.63, 3.8) is 0 Å². The molecule has 1 N–H and O–H groups in total. The first-order chi connectivity index (χ1) is 7.39. The third kappa shape index (κ3) is 2.43. The zero-order chi connectivity index (χ0) is 12.3. The Morgan fingerprint density at radius 2 is 2.06 bits per heavy atom. The largest absolute Gasteiger partial charge is 0.481 e. The van der Waals surface area contributed by atoms with Gasteiger partial charge in [0.15, 0.2) is 0 Å². The fraction of sp³-hybridized carbons (Fsp3) is 0.500. The van der Waals surface area contributed by atoms with Crippen molar-refractivity contribution < 1.29 is 9.90 Å². The highest BCUT2D eigenvalue weighted by Gasteiger charge is 2.29. The second-order valence-corrected chi connectivity index (χ2v) is 4.86. The van der Waals surface area contributed by atoms with Gasteiger partial charge >= 0.3 is 5.97 Å².